The van der Waals surface area contributed by atoms with Crippen molar-refractivity contribution >= 4 is 15.8 Å². The van der Waals surface area contributed by atoms with E-state index in [2.05, 4.69) is 24.2 Å². The van der Waals surface area contributed by atoms with E-state index in [4.69, 9.17) is 5.73 Å². The summed E-state index contributed by atoms with van der Waals surface area (Å²) in [6.45, 7) is 5.16. The standard InChI is InChI=1S/C11H23N3O2S/c1-9(2)7-13-11(12)14-8-10-5-3-4-6-17(10,15)16/h9-10H,3-8H2,1-2H3,(H3,12,13,14). The van der Waals surface area contributed by atoms with Crippen LogP contribution < -0.4 is 11.1 Å². The van der Waals surface area contributed by atoms with E-state index in [-0.39, 0.29) is 5.25 Å². The van der Waals surface area contributed by atoms with Crippen molar-refractivity contribution in [3.63, 3.8) is 0 Å². The van der Waals surface area contributed by atoms with E-state index in [0.717, 1.165) is 19.3 Å². The van der Waals surface area contributed by atoms with Crippen LogP contribution in [0.1, 0.15) is 33.1 Å². The van der Waals surface area contributed by atoms with Crippen molar-refractivity contribution in [1.82, 2.24) is 5.32 Å². The lowest BCUT2D eigenvalue weighted by Crippen LogP contribution is -2.42. The highest BCUT2D eigenvalue weighted by molar-refractivity contribution is 7.92. The van der Waals surface area contributed by atoms with Crippen molar-refractivity contribution in [3.8, 4) is 0 Å². The Morgan fingerprint density at radius 3 is 2.76 bits per heavy atom. The zero-order chi connectivity index (χ0) is 12.9. The van der Waals surface area contributed by atoms with Crippen LogP contribution in [0.15, 0.2) is 4.99 Å². The molecular weight excluding hydrogens is 238 g/mol. The van der Waals surface area contributed by atoms with Crippen molar-refractivity contribution in [3.05, 3.63) is 0 Å². The first-order chi connectivity index (χ1) is 7.92. The Labute approximate surface area is 104 Å². The zero-order valence-corrected chi connectivity index (χ0v) is 11.5. The lowest BCUT2D eigenvalue weighted by Gasteiger charge is -2.22. The molecule has 0 radical (unpaired) electrons. The number of nitrogens with two attached hydrogens (primary N) is 1. The smallest absolute Gasteiger partial charge is 0.188 e. The second-order valence-corrected chi connectivity index (χ2v) is 7.39. The number of hydrogen-bond donors (Lipinski definition) is 2. The van der Waals surface area contributed by atoms with E-state index in [1.165, 1.54) is 0 Å². The van der Waals surface area contributed by atoms with Gasteiger partial charge in [-0.25, -0.2) is 8.42 Å². The topological polar surface area (TPSA) is 84.5 Å². The van der Waals surface area contributed by atoms with Gasteiger partial charge in [-0.2, -0.15) is 0 Å². The van der Waals surface area contributed by atoms with E-state index >= 15 is 0 Å². The van der Waals surface area contributed by atoms with Gasteiger partial charge in [0.2, 0.25) is 0 Å². The minimum Gasteiger partial charge on any atom is -0.370 e. The molecule has 1 aliphatic rings. The Morgan fingerprint density at radius 1 is 1.47 bits per heavy atom. The Morgan fingerprint density at radius 2 is 2.18 bits per heavy atom. The third-order valence-electron chi connectivity index (χ3n) is 2.85. The molecular formula is C11H23N3O2S. The number of aliphatic imine (C=N–C) groups is 1. The molecule has 0 amide bonds. The van der Waals surface area contributed by atoms with Crippen molar-refractivity contribution in [2.45, 2.75) is 38.4 Å². The molecule has 17 heavy (non-hydrogen) atoms. The molecule has 0 aromatic heterocycles. The number of guanidine groups is 1. The highest BCUT2D eigenvalue weighted by Crippen LogP contribution is 2.18. The minimum absolute atomic E-state index is 0.302. The Hall–Kier alpha value is -0.780. The number of nitrogens with one attached hydrogen (secondary N) is 1. The highest BCUT2D eigenvalue weighted by atomic mass is 32.2. The molecule has 0 aliphatic carbocycles. The maximum Gasteiger partial charge on any atom is 0.188 e. The van der Waals surface area contributed by atoms with Crippen LogP contribution in [0.2, 0.25) is 0 Å². The summed E-state index contributed by atoms with van der Waals surface area (Å²) >= 11 is 0. The quantitative estimate of drug-likeness (QED) is 0.570. The first kappa shape index (κ1) is 14.3. The first-order valence-corrected chi connectivity index (χ1v) is 7.88. The van der Waals surface area contributed by atoms with Gasteiger partial charge in [0, 0.05) is 13.1 Å². The van der Waals surface area contributed by atoms with Crippen molar-refractivity contribution < 1.29 is 8.42 Å². The predicted octanol–water partition coefficient (Wildman–Crippen LogP) is 0.514. The lowest BCUT2D eigenvalue weighted by atomic mass is 10.2. The van der Waals surface area contributed by atoms with Gasteiger partial charge in [-0.05, 0) is 18.8 Å². The molecule has 1 fully saturated rings. The zero-order valence-electron chi connectivity index (χ0n) is 10.6. The molecule has 1 atom stereocenters. The summed E-state index contributed by atoms with van der Waals surface area (Å²) in [5.41, 5.74) is 5.67. The molecule has 0 aromatic rings. The van der Waals surface area contributed by atoms with Gasteiger partial charge in [0.1, 0.15) is 0 Å². The van der Waals surface area contributed by atoms with Crippen LogP contribution >= 0.6 is 0 Å². The molecule has 0 spiro atoms. The summed E-state index contributed by atoms with van der Waals surface area (Å²) in [6.07, 6.45) is 2.50. The molecule has 0 saturated carbocycles. The summed E-state index contributed by atoms with van der Waals surface area (Å²) in [4.78, 5) is 4.14. The molecule has 3 N–H and O–H groups in total. The van der Waals surface area contributed by atoms with Crippen LogP contribution in [0.3, 0.4) is 0 Å². The van der Waals surface area contributed by atoms with Crippen LogP contribution in [0.5, 0.6) is 0 Å². The van der Waals surface area contributed by atoms with Crippen LogP contribution in [-0.2, 0) is 9.84 Å². The summed E-state index contributed by atoms with van der Waals surface area (Å²) < 4.78 is 23.5. The molecule has 1 unspecified atom stereocenters. The maximum absolute atomic E-state index is 11.7. The van der Waals surface area contributed by atoms with Crippen LogP contribution in [-0.4, -0.2) is 38.5 Å². The third kappa shape index (κ3) is 4.93. The second-order valence-electron chi connectivity index (χ2n) is 4.99. The van der Waals surface area contributed by atoms with Crippen LogP contribution in [0, 0.1) is 5.92 Å². The Bertz CT molecular complexity index is 363. The average molecular weight is 261 g/mol. The summed E-state index contributed by atoms with van der Waals surface area (Å²) in [5, 5.41) is 2.61. The van der Waals surface area contributed by atoms with E-state index < -0.39 is 9.84 Å². The molecule has 1 rings (SSSR count). The van der Waals surface area contributed by atoms with Gasteiger partial charge >= 0.3 is 0 Å². The maximum atomic E-state index is 11.7. The van der Waals surface area contributed by atoms with Crippen molar-refractivity contribution in [2.75, 3.05) is 18.8 Å². The second kappa shape index (κ2) is 6.23. The Kier molecular flexibility index (Phi) is 5.24. The summed E-state index contributed by atoms with van der Waals surface area (Å²) in [7, 11) is -2.92. The minimum atomic E-state index is -2.92. The Balaban J connectivity index is 2.42. The molecule has 5 nitrogen and oxygen atoms in total. The fourth-order valence-electron chi connectivity index (χ4n) is 1.81. The monoisotopic (exact) mass is 261 g/mol. The number of sulfone groups is 1. The molecule has 100 valence electrons. The van der Waals surface area contributed by atoms with Crippen LogP contribution in [0.4, 0.5) is 0 Å². The summed E-state index contributed by atoms with van der Waals surface area (Å²) in [5.74, 6) is 1.11. The molecule has 0 bridgehead atoms. The van der Waals surface area contributed by atoms with Gasteiger partial charge in [-0.3, -0.25) is 4.99 Å². The van der Waals surface area contributed by atoms with Crippen molar-refractivity contribution in [2.24, 2.45) is 16.6 Å². The van der Waals surface area contributed by atoms with Crippen molar-refractivity contribution in [1.29, 1.82) is 0 Å². The molecule has 0 aromatic carbocycles. The van der Waals surface area contributed by atoms with E-state index in [0.29, 0.717) is 30.7 Å². The first-order valence-electron chi connectivity index (χ1n) is 6.17. The molecule has 1 heterocycles. The van der Waals surface area contributed by atoms with Gasteiger partial charge in [0.15, 0.2) is 15.8 Å². The number of hydrogen-bond acceptors (Lipinski definition) is 3. The number of nitrogens with zero attached hydrogens (tertiary/aromatic N) is 1. The largest absolute Gasteiger partial charge is 0.370 e. The van der Waals surface area contributed by atoms with E-state index in [9.17, 15) is 8.42 Å². The van der Waals surface area contributed by atoms with Gasteiger partial charge in [0.25, 0.3) is 0 Å². The lowest BCUT2D eigenvalue weighted by molar-refractivity contribution is 0.535. The highest BCUT2D eigenvalue weighted by Gasteiger charge is 2.28. The molecule has 1 saturated heterocycles. The summed E-state index contributed by atoms with van der Waals surface area (Å²) in [6, 6.07) is 0. The fourth-order valence-corrected chi connectivity index (χ4v) is 3.61. The predicted molar refractivity (Wildman–Crippen MR) is 70.8 cm³/mol. The van der Waals surface area contributed by atoms with Gasteiger partial charge < -0.3 is 11.1 Å². The van der Waals surface area contributed by atoms with Gasteiger partial charge in [0.05, 0.1) is 11.0 Å². The normalized spacial score (nSPS) is 24.9. The van der Waals surface area contributed by atoms with E-state index in [1.807, 2.05) is 0 Å². The van der Waals surface area contributed by atoms with E-state index in [1.54, 1.807) is 0 Å². The molecule has 1 aliphatic heterocycles. The number of rotatable bonds is 4. The molecule has 6 heteroatoms. The average Bonchev–Trinajstić information content (AvgIpc) is 2.24. The fraction of sp³-hybridized carbons (Fsp3) is 0.909. The third-order valence-corrected chi connectivity index (χ3v) is 5.13. The van der Waals surface area contributed by atoms with Crippen LogP contribution in [0.25, 0.3) is 0 Å². The van der Waals surface area contributed by atoms with Gasteiger partial charge in [-0.1, -0.05) is 20.3 Å². The SMILES string of the molecule is CC(C)CN=C(N)NCC1CCCCS1(=O)=O. The van der Waals surface area contributed by atoms with Gasteiger partial charge in [-0.15, -0.1) is 0 Å².